The zero-order chi connectivity index (χ0) is 11.4. The van der Waals surface area contributed by atoms with Gasteiger partial charge in [-0.05, 0) is 30.9 Å². The number of aromatic nitrogens is 2. The number of thioether (sulfide) groups is 1. The Morgan fingerprint density at radius 2 is 2.38 bits per heavy atom. The van der Waals surface area contributed by atoms with Gasteiger partial charge in [0.1, 0.15) is 5.65 Å². The van der Waals surface area contributed by atoms with E-state index >= 15 is 0 Å². The van der Waals surface area contributed by atoms with Crippen molar-refractivity contribution in [1.82, 2.24) is 14.7 Å². The van der Waals surface area contributed by atoms with Crippen molar-refractivity contribution in [3.05, 3.63) is 35.8 Å². The number of hydrogen-bond donors (Lipinski definition) is 1. The van der Waals surface area contributed by atoms with Gasteiger partial charge in [0.05, 0.1) is 11.9 Å². The summed E-state index contributed by atoms with van der Waals surface area (Å²) in [6, 6.07) is 4.21. The summed E-state index contributed by atoms with van der Waals surface area (Å²) >= 11 is 1.86. The second-order valence-corrected chi connectivity index (χ2v) is 4.84. The van der Waals surface area contributed by atoms with Gasteiger partial charge in [-0.1, -0.05) is 0 Å². The van der Waals surface area contributed by atoms with E-state index < -0.39 is 0 Å². The maximum atomic E-state index is 4.40. The molecule has 2 aromatic heterocycles. The van der Waals surface area contributed by atoms with Gasteiger partial charge < -0.3 is 9.72 Å². The smallest absolute Gasteiger partial charge is 0.137 e. The van der Waals surface area contributed by atoms with Crippen LogP contribution in [-0.4, -0.2) is 27.9 Å². The van der Waals surface area contributed by atoms with Crippen molar-refractivity contribution in [2.24, 2.45) is 0 Å². The van der Waals surface area contributed by atoms with Gasteiger partial charge in [0, 0.05) is 25.0 Å². The average molecular weight is 235 g/mol. The van der Waals surface area contributed by atoms with Gasteiger partial charge >= 0.3 is 0 Å². The summed E-state index contributed by atoms with van der Waals surface area (Å²) in [5, 5.41) is 3.41. The van der Waals surface area contributed by atoms with Crippen LogP contribution in [0.1, 0.15) is 11.3 Å². The lowest BCUT2D eigenvalue weighted by molar-refractivity contribution is 0.710. The van der Waals surface area contributed by atoms with Gasteiger partial charge in [-0.25, -0.2) is 4.98 Å². The highest BCUT2D eigenvalue weighted by molar-refractivity contribution is 7.98. The van der Waals surface area contributed by atoms with Crippen LogP contribution in [0, 0.1) is 6.92 Å². The highest BCUT2D eigenvalue weighted by Gasteiger charge is 2.01. The average Bonchev–Trinajstić information content (AvgIpc) is 2.67. The molecule has 0 bridgehead atoms. The molecule has 0 spiro atoms. The van der Waals surface area contributed by atoms with E-state index in [9.17, 15) is 0 Å². The highest BCUT2D eigenvalue weighted by atomic mass is 32.2. The van der Waals surface area contributed by atoms with Crippen molar-refractivity contribution >= 4 is 17.4 Å². The van der Waals surface area contributed by atoms with Crippen LogP contribution in [0.5, 0.6) is 0 Å². The molecule has 0 saturated heterocycles. The van der Waals surface area contributed by atoms with Gasteiger partial charge in [0.2, 0.25) is 0 Å². The van der Waals surface area contributed by atoms with Gasteiger partial charge in [-0.3, -0.25) is 0 Å². The first-order valence-electron chi connectivity index (χ1n) is 5.43. The number of rotatable bonds is 5. The van der Waals surface area contributed by atoms with Crippen LogP contribution < -0.4 is 5.32 Å². The minimum absolute atomic E-state index is 0.880. The molecular weight excluding hydrogens is 218 g/mol. The van der Waals surface area contributed by atoms with Crippen LogP contribution in [0.2, 0.25) is 0 Å². The van der Waals surface area contributed by atoms with E-state index in [1.54, 1.807) is 0 Å². The molecule has 0 unspecified atom stereocenters. The molecule has 0 amide bonds. The largest absolute Gasteiger partial charge is 0.310 e. The monoisotopic (exact) mass is 235 g/mol. The van der Waals surface area contributed by atoms with E-state index in [2.05, 4.69) is 46.2 Å². The number of fused-ring (bicyclic) bond motifs is 1. The van der Waals surface area contributed by atoms with Gasteiger partial charge in [0.15, 0.2) is 0 Å². The molecule has 0 aliphatic heterocycles. The number of hydrogen-bond acceptors (Lipinski definition) is 3. The standard InChI is InChI=1S/C12H17N3S/c1-10-3-5-15-11(8-13-4-6-16-2)9-14-12(15)7-10/h3,5,7,9,13H,4,6,8H2,1-2H3. The lowest BCUT2D eigenvalue weighted by Gasteiger charge is -2.04. The number of pyridine rings is 1. The molecule has 0 aromatic carbocycles. The molecule has 0 saturated carbocycles. The third-order valence-corrected chi connectivity index (χ3v) is 3.15. The molecule has 2 heterocycles. The van der Waals surface area contributed by atoms with Crippen molar-refractivity contribution in [3.63, 3.8) is 0 Å². The zero-order valence-electron chi connectivity index (χ0n) is 9.73. The molecular formula is C12H17N3S. The fraction of sp³-hybridized carbons (Fsp3) is 0.417. The van der Waals surface area contributed by atoms with E-state index in [1.807, 2.05) is 18.0 Å². The number of aryl methyl sites for hydroxylation is 1. The zero-order valence-corrected chi connectivity index (χ0v) is 10.5. The van der Waals surface area contributed by atoms with E-state index in [0.717, 1.165) is 24.5 Å². The van der Waals surface area contributed by atoms with Crippen molar-refractivity contribution in [2.75, 3.05) is 18.6 Å². The first-order chi connectivity index (χ1) is 7.81. The Bertz CT molecular complexity index is 464. The molecule has 0 radical (unpaired) electrons. The SMILES string of the molecule is CSCCNCc1cnc2cc(C)ccn12. The topological polar surface area (TPSA) is 29.3 Å². The van der Waals surface area contributed by atoms with Crippen molar-refractivity contribution in [1.29, 1.82) is 0 Å². The predicted octanol–water partition coefficient (Wildman–Crippen LogP) is 2.10. The first-order valence-corrected chi connectivity index (χ1v) is 6.83. The Labute approximate surface area is 100 Å². The maximum Gasteiger partial charge on any atom is 0.137 e. The molecule has 16 heavy (non-hydrogen) atoms. The molecule has 0 aliphatic carbocycles. The third kappa shape index (κ3) is 2.57. The van der Waals surface area contributed by atoms with Gasteiger partial charge in [0.25, 0.3) is 0 Å². The van der Waals surface area contributed by atoms with Gasteiger partial charge in [-0.2, -0.15) is 11.8 Å². The summed E-state index contributed by atoms with van der Waals surface area (Å²) in [6.07, 6.45) is 6.16. The van der Waals surface area contributed by atoms with Crippen LogP contribution >= 0.6 is 11.8 Å². The van der Waals surface area contributed by atoms with Crippen LogP contribution in [0.4, 0.5) is 0 Å². The van der Waals surface area contributed by atoms with E-state index in [0.29, 0.717) is 0 Å². The highest BCUT2D eigenvalue weighted by Crippen LogP contribution is 2.08. The fourth-order valence-corrected chi connectivity index (χ4v) is 2.00. The Kier molecular flexibility index (Phi) is 3.85. The minimum atomic E-state index is 0.880. The van der Waals surface area contributed by atoms with Crippen molar-refractivity contribution in [2.45, 2.75) is 13.5 Å². The number of nitrogens with zero attached hydrogens (tertiary/aromatic N) is 2. The summed E-state index contributed by atoms with van der Waals surface area (Å²) in [5.74, 6) is 1.15. The van der Waals surface area contributed by atoms with Crippen LogP contribution in [0.3, 0.4) is 0 Å². The fourth-order valence-electron chi connectivity index (χ4n) is 1.66. The summed E-state index contributed by atoms with van der Waals surface area (Å²) in [6.45, 7) is 4.01. The number of imidazole rings is 1. The molecule has 0 atom stereocenters. The normalized spacial score (nSPS) is 11.1. The van der Waals surface area contributed by atoms with Crippen molar-refractivity contribution in [3.8, 4) is 0 Å². The lowest BCUT2D eigenvalue weighted by atomic mass is 10.3. The minimum Gasteiger partial charge on any atom is -0.310 e. The summed E-state index contributed by atoms with van der Waals surface area (Å²) < 4.78 is 2.14. The Morgan fingerprint density at radius 3 is 3.19 bits per heavy atom. The Balaban J connectivity index is 2.07. The molecule has 2 rings (SSSR count). The first kappa shape index (κ1) is 11.5. The van der Waals surface area contributed by atoms with Crippen LogP contribution in [0.25, 0.3) is 5.65 Å². The molecule has 0 fully saturated rings. The third-order valence-electron chi connectivity index (χ3n) is 2.53. The maximum absolute atomic E-state index is 4.40. The molecule has 86 valence electrons. The van der Waals surface area contributed by atoms with E-state index in [4.69, 9.17) is 0 Å². The molecule has 1 N–H and O–H groups in total. The van der Waals surface area contributed by atoms with Gasteiger partial charge in [-0.15, -0.1) is 0 Å². The van der Waals surface area contributed by atoms with Crippen LogP contribution in [0.15, 0.2) is 24.5 Å². The van der Waals surface area contributed by atoms with Crippen LogP contribution in [-0.2, 0) is 6.54 Å². The quantitative estimate of drug-likeness (QED) is 0.805. The number of nitrogens with one attached hydrogen (secondary N) is 1. The van der Waals surface area contributed by atoms with E-state index in [1.165, 1.54) is 11.3 Å². The Hall–Kier alpha value is -1.00. The molecule has 0 aliphatic rings. The second kappa shape index (κ2) is 5.37. The lowest BCUT2D eigenvalue weighted by Crippen LogP contribution is -2.17. The predicted molar refractivity (Wildman–Crippen MR) is 70.0 cm³/mol. The second-order valence-electron chi connectivity index (χ2n) is 3.85. The summed E-state index contributed by atoms with van der Waals surface area (Å²) in [5.41, 5.74) is 3.50. The van der Waals surface area contributed by atoms with Crippen molar-refractivity contribution < 1.29 is 0 Å². The van der Waals surface area contributed by atoms with E-state index in [-0.39, 0.29) is 0 Å². The summed E-state index contributed by atoms with van der Waals surface area (Å²) in [4.78, 5) is 4.40. The Morgan fingerprint density at radius 1 is 1.50 bits per heavy atom. The molecule has 4 heteroatoms. The summed E-state index contributed by atoms with van der Waals surface area (Å²) in [7, 11) is 0. The molecule has 2 aromatic rings. The molecule has 3 nitrogen and oxygen atoms in total.